The highest BCUT2D eigenvalue weighted by Crippen LogP contribution is 2.32. The number of hydrogen-bond acceptors (Lipinski definition) is 6. The minimum atomic E-state index is 0.861. The third-order valence-electron chi connectivity index (χ3n) is 2.19. The van der Waals surface area contributed by atoms with Crippen molar-refractivity contribution in [1.82, 2.24) is 10.2 Å². The fraction of sp³-hybridized carbons (Fsp3) is 0.300. The summed E-state index contributed by atoms with van der Waals surface area (Å²) in [5.74, 6) is 0.861. The average Bonchev–Trinajstić information content (AvgIpc) is 2.60. The zero-order valence-corrected chi connectivity index (χ0v) is 11.7. The summed E-state index contributed by atoms with van der Waals surface area (Å²) in [6.45, 7) is 2.03. The first-order chi connectivity index (χ1) is 7.59. The van der Waals surface area contributed by atoms with Gasteiger partial charge in [-0.2, -0.15) is 0 Å². The maximum atomic E-state index is 5.21. The van der Waals surface area contributed by atoms with E-state index in [0.29, 0.717) is 0 Å². The van der Waals surface area contributed by atoms with E-state index in [1.54, 1.807) is 20.7 Å². The number of anilines is 1. The molecular weight excluding hydrogens is 258 g/mol. The van der Waals surface area contributed by atoms with Gasteiger partial charge in [-0.3, -0.25) is 0 Å². The van der Waals surface area contributed by atoms with E-state index in [1.807, 2.05) is 38.1 Å². The second kappa shape index (κ2) is 4.57. The van der Waals surface area contributed by atoms with Gasteiger partial charge in [0.15, 0.2) is 5.82 Å². The summed E-state index contributed by atoms with van der Waals surface area (Å²) in [5.41, 5.74) is 2.04. The van der Waals surface area contributed by atoms with Gasteiger partial charge >= 0.3 is 0 Å². The van der Waals surface area contributed by atoms with Crippen LogP contribution in [-0.2, 0) is 0 Å². The minimum Gasteiger partial charge on any atom is -0.361 e. The lowest BCUT2D eigenvalue weighted by Crippen LogP contribution is -2.11. The van der Waals surface area contributed by atoms with Gasteiger partial charge in [-0.25, -0.2) is 0 Å². The van der Waals surface area contributed by atoms with E-state index in [4.69, 9.17) is 12.2 Å². The number of rotatable bonds is 2. The summed E-state index contributed by atoms with van der Waals surface area (Å²) in [6, 6.07) is 3.96. The lowest BCUT2D eigenvalue weighted by molar-refractivity contribution is 0.969. The molecule has 2 heterocycles. The Morgan fingerprint density at radius 1 is 1.19 bits per heavy atom. The second-order valence-corrected chi connectivity index (χ2v) is 6.40. The van der Waals surface area contributed by atoms with Gasteiger partial charge in [0.1, 0.15) is 9.52 Å². The maximum Gasteiger partial charge on any atom is 0.150 e. The van der Waals surface area contributed by atoms with Gasteiger partial charge in [0, 0.05) is 14.1 Å². The molecule has 2 aromatic heterocycles. The van der Waals surface area contributed by atoms with Gasteiger partial charge in [-0.05, 0) is 24.6 Å². The van der Waals surface area contributed by atoms with Crippen LogP contribution in [0.5, 0.6) is 0 Å². The molecular formula is C10H11N3S3. The molecule has 0 unspecified atom stereocenters. The highest BCUT2D eigenvalue weighted by molar-refractivity contribution is 7.80. The molecule has 0 saturated heterocycles. The van der Waals surface area contributed by atoms with Crippen LogP contribution in [0.3, 0.4) is 0 Å². The average molecular weight is 269 g/mol. The third kappa shape index (κ3) is 2.14. The quantitative estimate of drug-likeness (QED) is 0.617. The van der Waals surface area contributed by atoms with Crippen LogP contribution in [0.25, 0.3) is 10.6 Å². The van der Waals surface area contributed by atoms with Crippen molar-refractivity contribution in [2.75, 3.05) is 19.0 Å². The van der Waals surface area contributed by atoms with E-state index in [0.717, 1.165) is 25.8 Å². The van der Waals surface area contributed by atoms with Crippen molar-refractivity contribution in [2.24, 2.45) is 0 Å². The molecule has 0 aliphatic heterocycles. The maximum absolute atomic E-state index is 5.21. The first-order valence-corrected chi connectivity index (χ1v) is 7.26. The van der Waals surface area contributed by atoms with Crippen molar-refractivity contribution < 1.29 is 0 Å². The van der Waals surface area contributed by atoms with Crippen LogP contribution in [0.1, 0.15) is 5.56 Å². The number of aromatic nitrogens is 2. The summed E-state index contributed by atoms with van der Waals surface area (Å²) >= 11 is 5.21. The Hall–Kier alpha value is -0.850. The van der Waals surface area contributed by atoms with Gasteiger partial charge < -0.3 is 4.90 Å². The minimum absolute atomic E-state index is 0.861. The van der Waals surface area contributed by atoms with Gasteiger partial charge in [0.2, 0.25) is 0 Å². The summed E-state index contributed by atoms with van der Waals surface area (Å²) < 4.78 is 0.943. The molecule has 6 heteroatoms. The van der Waals surface area contributed by atoms with Crippen LogP contribution in [0.2, 0.25) is 0 Å². The molecule has 2 rings (SSSR count). The van der Waals surface area contributed by atoms with E-state index in [9.17, 15) is 0 Å². The fourth-order valence-corrected chi connectivity index (χ4v) is 4.04. The van der Waals surface area contributed by atoms with Crippen molar-refractivity contribution in [3.05, 3.63) is 21.5 Å². The number of nitrogens with zero attached hydrogens (tertiary/aromatic N) is 3. The molecule has 0 N–H and O–H groups in total. The van der Waals surface area contributed by atoms with E-state index >= 15 is 0 Å². The summed E-state index contributed by atoms with van der Waals surface area (Å²) in [6.07, 6.45) is 0. The van der Waals surface area contributed by atoms with Crippen molar-refractivity contribution in [2.45, 2.75) is 6.92 Å². The fourth-order valence-electron chi connectivity index (χ4n) is 1.22. The monoisotopic (exact) mass is 269 g/mol. The molecule has 3 nitrogen and oxygen atoms in total. The van der Waals surface area contributed by atoms with E-state index in [2.05, 4.69) is 10.2 Å². The SMILES string of the molecule is Cc1c(-c2ccc(N(C)C)nn2)ssc1=S. The Labute approximate surface area is 107 Å². The predicted molar refractivity (Wildman–Crippen MR) is 73.1 cm³/mol. The Bertz CT molecular complexity index is 539. The molecule has 0 bridgehead atoms. The van der Waals surface area contributed by atoms with Gasteiger partial charge in [-0.15, -0.1) is 10.2 Å². The molecule has 0 aromatic carbocycles. The second-order valence-electron chi connectivity index (χ2n) is 3.58. The van der Waals surface area contributed by atoms with Crippen LogP contribution in [-0.4, -0.2) is 24.3 Å². The van der Waals surface area contributed by atoms with Gasteiger partial charge in [0.25, 0.3) is 0 Å². The molecule has 0 radical (unpaired) electrons. The standard InChI is InChI=1S/C10H11N3S3/c1-6-9(15-16-10(6)14)7-4-5-8(12-11-7)13(2)3/h4-5H,1-3H3. The molecule has 0 amide bonds. The molecule has 0 aliphatic carbocycles. The molecule has 0 spiro atoms. The number of hydrogen-bond donors (Lipinski definition) is 0. The smallest absolute Gasteiger partial charge is 0.150 e. The highest BCUT2D eigenvalue weighted by Gasteiger charge is 2.08. The Morgan fingerprint density at radius 3 is 2.38 bits per heavy atom. The summed E-state index contributed by atoms with van der Waals surface area (Å²) in [7, 11) is 7.18. The lowest BCUT2D eigenvalue weighted by Gasteiger charge is -2.09. The van der Waals surface area contributed by atoms with Gasteiger partial charge in [0.05, 0.1) is 4.88 Å². The topological polar surface area (TPSA) is 29.0 Å². The predicted octanol–water partition coefficient (Wildman–Crippen LogP) is 3.37. The normalized spacial score (nSPS) is 10.4. The Balaban J connectivity index is 2.42. The first-order valence-electron chi connectivity index (χ1n) is 4.70. The zero-order valence-electron chi connectivity index (χ0n) is 9.22. The molecule has 0 saturated carbocycles. The van der Waals surface area contributed by atoms with E-state index in [-0.39, 0.29) is 0 Å². The summed E-state index contributed by atoms with van der Waals surface area (Å²) in [5, 5.41) is 8.38. The molecule has 16 heavy (non-hydrogen) atoms. The van der Waals surface area contributed by atoms with Crippen molar-refractivity contribution in [3.8, 4) is 10.6 Å². The third-order valence-corrected chi connectivity index (χ3v) is 5.53. The largest absolute Gasteiger partial charge is 0.361 e. The Kier molecular flexibility index (Phi) is 3.32. The van der Waals surface area contributed by atoms with Gasteiger partial charge in [-0.1, -0.05) is 32.9 Å². The zero-order chi connectivity index (χ0) is 11.7. The van der Waals surface area contributed by atoms with Crippen LogP contribution in [0.4, 0.5) is 5.82 Å². The van der Waals surface area contributed by atoms with Crippen molar-refractivity contribution in [1.29, 1.82) is 0 Å². The van der Waals surface area contributed by atoms with Crippen molar-refractivity contribution in [3.63, 3.8) is 0 Å². The molecule has 0 aliphatic rings. The van der Waals surface area contributed by atoms with Crippen LogP contribution in [0.15, 0.2) is 12.1 Å². The first kappa shape index (κ1) is 11.6. The van der Waals surface area contributed by atoms with Crippen LogP contribution >= 0.6 is 32.9 Å². The molecule has 0 fully saturated rings. The molecule has 84 valence electrons. The Morgan fingerprint density at radius 2 is 1.94 bits per heavy atom. The highest BCUT2D eigenvalue weighted by atomic mass is 32.9. The van der Waals surface area contributed by atoms with E-state index < -0.39 is 0 Å². The summed E-state index contributed by atoms with van der Waals surface area (Å²) in [4.78, 5) is 3.06. The molecule has 0 atom stereocenters. The van der Waals surface area contributed by atoms with Crippen LogP contribution in [0, 0.1) is 10.7 Å². The molecule has 2 aromatic rings. The van der Waals surface area contributed by atoms with Crippen molar-refractivity contribution >= 4 is 38.7 Å². The van der Waals surface area contributed by atoms with Crippen LogP contribution < -0.4 is 4.90 Å². The lowest BCUT2D eigenvalue weighted by atomic mass is 10.2. The van der Waals surface area contributed by atoms with E-state index in [1.165, 1.54) is 0 Å².